The van der Waals surface area contributed by atoms with E-state index in [4.69, 9.17) is 0 Å². The van der Waals surface area contributed by atoms with Gasteiger partial charge in [-0.1, -0.05) is 13.8 Å². The average Bonchev–Trinajstić information content (AvgIpc) is 2.59. The molecule has 3 aliphatic carbocycles. The van der Waals surface area contributed by atoms with Gasteiger partial charge in [0.05, 0.1) is 11.8 Å². The smallest absolute Gasteiger partial charge is 0.233 e. The lowest BCUT2D eigenvalue weighted by Gasteiger charge is -2.52. The van der Waals surface area contributed by atoms with E-state index in [1.165, 1.54) is 4.90 Å². The molecule has 1 saturated heterocycles. The van der Waals surface area contributed by atoms with Gasteiger partial charge in [-0.05, 0) is 31.8 Å². The molecule has 0 aromatic rings. The van der Waals surface area contributed by atoms with Crippen LogP contribution in [0.5, 0.6) is 0 Å². The fourth-order valence-corrected chi connectivity index (χ4v) is 4.92. The topological polar surface area (TPSA) is 57.7 Å². The number of hydrogen-bond acceptors (Lipinski definition) is 4. The minimum absolute atomic E-state index is 0.0428. The molecule has 2 bridgehead atoms. The second kappa shape index (κ2) is 4.63. The highest BCUT2D eigenvalue weighted by Gasteiger charge is 2.66. The molecule has 4 rings (SSSR count). The molecule has 0 radical (unpaired) electrons. The first kappa shape index (κ1) is 14.7. The maximum Gasteiger partial charge on any atom is 0.233 e. The number of amides is 2. The molecule has 5 nitrogen and oxygen atoms in total. The Morgan fingerprint density at radius 3 is 2.43 bits per heavy atom. The summed E-state index contributed by atoms with van der Waals surface area (Å²) in [6.45, 7) is 5.18. The fourth-order valence-electron chi connectivity index (χ4n) is 4.92. The highest BCUT2D eigenvalue weighted by Crippen LogP contribution is 2.60. The molecule has 2 amide bonds. The summed E-state index contributed by atoms with van der Waals surface area (Å²) in [5.41, 5.74) is -0.324. The van der Waals surface area contributed by atoms with E-state index < -0.39 is 5.92 Å². The Hall–Kier alpha value is -1.23. The summed E-state index contributed by atoms with van der Waals surface area (Å²) in [6, 6.07) is 0. The molecule has 116 valence electrons. The molecule has 5 heteroatoms. The van der Waals surface area contributed by atoms with Crippen molar-refractivity contribution in [3.05, 3.63) is 0 Å². The van der Waals surface area contributed by atoms with E-state index >= 15 is 0 Å². The third-order valence-corrected chi connectivity index (χ3v) is 5.70. The maximum atomic E-state index is 12.7. The van der Waals surface area contributed by atoms with Crippen LogP contribution in [-0.2, 0) is 14.4 Å². The van der Waals surface area contributed by atoms with Gasteiger partial charge < -0.3 is 4.90 Å². The van der Waals surface area contributed by atoms with E-state index in [1.807, 2.05) is 25.9 Å². The molecule has 2 unspecified atom stereocenters. The van der Waals surface area contributed by atoms with E-state index in [0.29, 0.717) is 19.5 Å². The number of carbonyl (C=O) groups excluding carboxylic acids is 3. The normalized spacial score (nSPS) is 42.1. The lowest BCUT2D eigenvalue weighted by atomic mass is 9.48. The fraction of sp³-hybridized carbons (Fsp3) is 0.812. The van der Waals surface area contributed by atoms with Crippen molar-refractivity contribution in [1.29, 1.82) is 0 Å². The molecule has 0 aromatic carbocycles. The van der Waals surface area contributed by atoms with Crippen molar-refractivity contribution < 1.29 is 14.4 Å². The first-order valence-corrected chi connectivity index (χ1v) is 7.79. The second-order valence-electron chi connectivity index (χ2n) is 7.64. The Morgan fingerprint density at radius 1 is 1.19 bits per heavy atom. The number of nitrogens with zero attached hydrogens (tertiary/aromatic N) is 2. The van der Waals surface area contributed by atoms with Crippen LogP contribution in [0.4, 0.5) is 0 Å². The van der Waals surface area contributed by atoms with E-state index in [2.05, 4.69) is 6.92 Å². The van der Waals surface area contributed by atoms with Crippen molar-refractivity contribution in [3.8, 4) is 0 Å². The number of ketones is 1. The molecule has 5 atom stereocenters. The molecule has 4 aliphatic rings. The van der Waals surface area contributed by atoms with Crippen LogP contribution in [-0.4, -0.2) is 54.6 Å². The van der Waals surface area contributed by atoms with Crippen LogP contribution in [0.25, 0.3) is 0 Å². The van der Waals surface area contributed by atoms with E-state index in [1.54, 1.807) is 0 Å². The van der Waals surface area contributed by atoms with Crippen molar-refractivity contribution in [2.75, 3.05) is 27.2 Å². The van der Waals surface area contributed by atoms with Gasteiger partial charge in [0.1, 0.15) is 5.78 Å². The van der Waals surface area contributed by atoms with Crippen LogP contribution in [0, 0.1) is 29.1 Å². The molecule has 3 saturated carbocycles. The summed E-state index contributed by atoms with van der Waals surface area (Å²) in [5, 5.41) is 0. The van der Waals surface area contributed by atoms with Crippen molar-refractivity contribution in [1.82, 2.24) is 9.80 Å². The van der Waals surface area contributed by atoms with Gasteiger partial charge in [-0.15, -0.1) is 0 Å². The summed E-state index contributed by atoms with van der Waals surface area (Å²) < 4.78 is 0. The number of likely N-dealkylation sites (tertiary alicyclic amines) is 1. The van der Waals surface area contributed by atoms with Crippen LogP contribution in [0.15, 0.2) is 0 Å². The van der Waals surface area contributed by atoms with Crippen molar-refractivity contribution >= 4 is 17.6 Å². The predicted octanol–water partition coefficient (Wildman–Crippen LogP) is 0.784. The first-order chi connectivity index (χ1) is 9.76. The monoisotopic (exact) mass is 292 g/mol. The number of carbonyl (C=O) groups is 3. The van der Waals surface area contributed by atoms with Gasteiger partial charge in [-0.3, -0.25) is 19.3 Å². The van der Waals surface area contributed by atoms with Crippen LogP contribution < -0.4 is 0 Å². The van der Waals surface area contributed by atoms with Gasteiger partial charge in [0.25, 0.3) is 0 Å². The SMILES string of the molecule is C[C@@H]1C[C@]2(C)CC(=O)[C@H]1C1C(=O)N(CCN(C)C)C(=O)C12. The molecule has 1 aliphatic heterocycles. The van der Waals surface area contributed by atoms with Crippen LogP contribution in [0.2, 0.25) is 0 Å². The quantitative estimate of drug-likeness (QED) is 0.722. The molecule has 0 aromatic heterocycles. The van der Waals surface area contributed by atoms with Gasteiger partial charge in [-0.2, -0.15) is 0 Å². The zero-order valence-corrected chi connectivity index (χ0v) is 13.3. The number of rotatable bonds is 3. The highest BCUT2D eigenvalue weighted by atomic mass is 16.2. The largest absolute Gasteiger partial charge is 0.308 e. The lowest BCUT2D eigenvalue weighted by molar-refractivity contribution is -0.157. The number of Topliss-reactive ketones (excluding diaryl/α,β-unsaturated/α-hetero) is 1. The second-order valence-corrected chi connectivity index (χ2v) is 7.64. The van der Waals surface area contributed by atoms with E-state index in [-0.39, 0.29) is 40.8 Å². The third kappa shape index (κ3) is 1.97. The molecular weight excluding hydrogens is 268 g/mol. The minimum Gasteiger partial charge on any atom is -0.308 e. The summed E-state index contributed by atoms with van der Waals surface area (Å²) in [5.74, 6) is -0.657. The van der Waals surface area contributed by atoms with E-state index in [0.717, 1.165) is 6.42 Å². The molecule has 0 spiro atoms. The Kier molecular flexibility index (Phi) is 3.24. The van der Waals surface area contributed by atoms with Gasteiger partial charge in [0, 0.05) is 25.4 Å². The first-order valence-electron chi connectivity index (χ1n) is 7.79. The molecule has 21 heavy (non-hydrogen) atoms. The summed E-state index contributed by atoms with van der Waals surface area (Å²) >= 11 is 0. The molecule has 1 heterocycles. The zero-order chi connectivity index (χ0) is 15.5. The summed E-state index contributed by atoms with van der Waals surface area (Å²) in [4.78, 5) is 41.2. The number of fused-ring (bicyclic) bond motifs is 2. The van der Waals surface area contributed by atoms with Crippen LogP contribution >= 0.6 is 0 Å². The molecule has 4 fully saturated rings. The van der Waals surface area contributed by atoms with Gasteiger partial charge in [0.15, 0.2) is 0 Å². The van der Waals surface area contributed by atoms with Gasteiger partial charge >= 0.3 is 0 Å². The number of imide groups is 1. The average molecular weight is 292 g/mol. The van der Waals surface area contributed by atoms with Crippen molar-refractivity contribution in [2.24, 2.45) is 29.1 Å². The van der Waals surface area contributed by atoms with E-state index in [9.17, 15) is 14.4 Å². The van der Waals surface area contributed by atoms with Crippen molar-refractivity contribution in [3.63, 3.8) is 0 Å². The Morgan fingerprint density at radius 2 is 1.86 bits per heavy atom. The van der Waals surface area contributed by atoms with Crippen molar-refractivity contribution in [2.45, 2.75) is 26.7 Å². The molecular formula is C16H24N2O3. The highest BCUT2D eigenvalue weighted by molar-refractivity contribution is 6.09. The van der Waals surface area contributed by atoms with Gasteiger partial charge in [-0.25, -0.2) is 0 Å². The van der Waals surface area contributed by atoms with Gasteiger partial charge in [0.2, 0.25) is 11.8 Å². The Balaban J connectivity index is 1.93. The third-order valence-electron chi connectivity index (χ3n) is 5.70. The van der Waals surface area contributed by atoms with Crippen LogP contribution in [0.1, 0.15) is 26.7 Å². The lowest BCUT2D eigenvalue weighted by Crippen LogP contribution is -2.56. The Labute approximate surface area is 125 Å². The summed E-state index contributed by atoms with van der Waals surface area (Å²) in [7, 11) is 3.85. The van der Waals surface area contributed by atoms with Crippen LogP contribution in [0.3, 0.4) is 0 Å². The number of likely N-dealkylation sites (N-methyl/N-ethyl adjacent to an activating group) is 1. The molecule has 0 N–H and O–H groups in total. The zero-order valence-electron chi connectivity index (χ0n) is 13.3. The predicted molar refractivity (Wildman–Crippen MR) is 77.3 cm³/mol. The summed E-state index contributed by atoms with van der Waals surface area (Å²) in [6.07, 6.45) is 1.34. The Bertz CT molecular complexity index is 516. The number of hydrogen-bond donors (Lipinski definition) is 0. The standard InChI is InChI=1S/C16H24N2O3/c1-9-7-16(2)8-10(19)11(9)12-13(16)15(21)18(14(12)20)6-5-17(3)4/h9,11-13H,5-8H2,1-4H3/t9-,11+,12?,13?,16-/m1/s1. The maximum absolute atomic E-state index is 12.7. The minimum atomic E-state index is -0.394.